The second-order valence-corrected chi connectivity index (χ2v) is 19.3. The number of fused-ring (bicyclic) bond motifs is 3. The Balaban J connectivity index is 1.20. The monoisotopic (exact) mass is 844 g/mol. The molecule has 17 heteroatoms. The van der Waals surface area contributed by atoms with E-state index < -0.39 is 73.9 Å². The van der Waals surface area contributed by atoms with E-state index in [1.807, 2.05) is 25.1 Å². The topological polar surface area (TPSA) is 177 Å². The van der Waals surface area contributed by atoms with Crippen molar-refractivity contribution in [3.63, 3.8) is 0 Å². The molecule has 2 aliphatic carbocycles. The van der Waals surface area contributed by atoms with Gasteiger partial charge >= 0.3 is 0 Å². The lowest BCUT2D eigenvalue weighted by Crippen LogP contribution is -2.58. The Morgan fingerprint density at radius 3 is 2.63 bits per heavy atom. The highest BCUT2D eigenvalue weighted by atomic mass is 79.9. The number of nitrogens with one attached hydrogen (secondary N) is 3. The fourth-order valence-electron chi connectivity index (χ4n) is 7.16. The lowest BCUT2D eigenvalue weighted by molar-refractivity contribution is -0.141. The van der Waals surface area contributed by atoms with E-state index >= 15 is 0 Å². The molecule has 7 rings (SSSR count). The van der Waals surface area contributed by atoms with Gasteiger partial charge in [-0.25, -0.2) is 22.8 Å². The van der Waals surface area contributed by atoms with Gasteiger partial charge in [0.2, 0.25) is 27.7 Å². The summed E-state index contributed by atoms with van der Waals surface area (Å²) in [6.07, 6.45) is 7.23. The molecule has 1 saturated heterocycles. The number of nitrogens with zero attached hydrogens (tertiary/aromatic N) is 3. The molecule has 0 bridgehead atoms. The van der Waals surface area contributed by atoms with Crippen molar-refractivity contribution in [2.75, 3.05) is 6.54 Å². The number of rotatable bonds is 7. The molecule has 0 radical (unpaired) electrons. The van der Waals surface area contributed by atoms with Crippen LogP contribution >= 0.6 is 27.3 Å². The molecule has 3 aromatic rings. The zero-order chi connectivity index (χ0) is 38.6. The number of thiophene rings is 1. The molecule has 0 spiro atoms. The van der Waals surface area contributed by atoms with Gasteiger partial charge in [-0.3, -0.25) is 23.9 Å². The van der Waals surface area contributed by atoms with Gasteiger partial charge in [-0.1, -0.05) is 25.0 Å². The Hall–Kier alpha value is -3.96. The number of benzene rings is 1. The highest BCUT2D eigenvalue weighted by Gasteiger charge is 2.63. The second-order valence-electron chi connectivity index (χ2n) is 15.0. The number of halogens is 2. The summed E-state index contributed by atoms with van der Waals surface area (Å²) < 4.78 is 48.5. The molecular weight excluding hydrogens is 803 g/mol. The predicted octanol–water partition coefficient (Wildman–Crippen LogP) is 4.75. The molecule has 3 N–H and O–H groups in total. The van der Waals surface area contributed by atoms with E-state index in [0.717, 1.165) is 17.7 Å². The Morgan fingerprint density at radius 2 is 1.91 bits per heavy atom. The number of hydrogen-bond donors (Lipinski definition) is 3. The van der Waals surface area contributed by atoms with Crippen molar-refractivity contribution in [3.05, 3.63) is 62.2 Å². The van der Waals surface area contributed by atoms with Crippen LogP contribution in [-0.4, -0.2) is 81.9 Å². The number of aromatic nitrogens is 2. The zero-order valence-corrected chi connectivity index (χ0v) is 33.3. The molecule has 2 aliphatic heterocycles. The summed E-state index contributed by atoms with van der Waals surface area (Å²) in [7, 11) is -4.00. The molecule has 288 valence electrons. The zero-order valence-electron chi connectivity index (χ0n) is 30.1. The maximum Gasteiger partial charge on any atom is 0.262 e. The van der Waals surface area contributed by atoms with E-state index in [2.05, 4.69) is 41.3 Å². The van der Waals surface area contributed by atoms with Crippen molar-refractivity contribution < 1.29 is 36.7 Å². The number of ether oxygens (including phenoxy) is 1. The molecule has 54 heavy (non-hydrogen) atoms. The molecule has 5 atom stereocenters. The number of carbonyl (C=O) groups excluding carboxylic acids is 4. The van der Waals surface area contributed by atoms with Crippen LogP contribution in [0.5, 0.6) is 5.88 Å². The molecule has 2 saturated carbocycles. The van der Waals surface area contributed by atoms with Crippen molar-refractivity contribution >= 4 is 72.0 Å². The fourth-order valence-corrected chi connectivity index (χ4v) is 9.75. The highest BCUT2D eigenvalue weighted by molar-refractivity contribution is 9.10. The fraction of sp³-hybridized carbons (Fsp3) is 0.514. The average molecular weight is 846 g/mol. The molecule has 13 nitrogen and oxygen atoms in total. The Morgan fingerprint density at radius 1 is 1.13 bits per heavy atom. The summed E-state index contributed by atoms with van der Waals surface area (Å²) in [5.74, 6) is -3.24. The normalized spacial score (nSPS) is 27.5. The Labute approximate surface area is 325 Å². The van der Waals surface area contributed by atoms with Crippen LogP contribution in [0.3, 0.4) is 0 Å². The molecule has 4 amide bonds. The third-order valence-electron chi connectivity index (χ3n) is 10.8. The lowest BCUT2D eigenvalue weighted by atomic mass is 10.0. The number of aryl methyl sites for hydroxylation is 2. The van der Waals surface area contributed by atoms with Crippen molar-refractivity contribution in [1.82, 2.24) is 30.2 Å². The number of hydrogen-bond acceptors (Lipinski definition) is 10. The Kier molecular flexibility index (Phi) is 10.4. The molecule has 1 aromatic carbocycles. The van der Waals surface area contributed by atoms with Gasteiger partial charge in [0.05, 0.1) is 21.7 Å². The van der Waals surface area contributed by atoms with Gasteiger partial charge in [-0.15, -0.1) is 11.3 Å². The van der Waals surface area contributed by atoms with Crippen LogP contribution in [0.15, 0.2) is 40.9 Å². The summed E-state index contributed by atoms with van der Waals surface area (Å²) in [6.45, 7) is 5.08. The van der Waals surface area contributed by atoms with Gasteiger partial charge in [-0.2, -0.15) is 0 Å². The van der Waals surface area contributed by atoms with Crippen LogP contribution < -0.4 is 20.1 Å². The predicted molar refractivity (Wildman–Crippen MR) is 203 cm³/mol. The van der Waals surface area contributed by atoms with E-state index in [4.69, 9.17) is 4.74 Å². The van der Waals surface area contributed by atoms with Gasteiger partial charge in [0.1, 0.15) is 40.8 Å². The summed E-state index contributed by atoms with van der Waals surface area (Å²) in [5.41, 5.74) is -0.460. The van der Waals surface area contributed by atoms with Gasteiger partial charge in [0.25, 0.3) is 11.8 Å². The van der Waals surface area contributed by atoms with Crippen LogP contribution in [0.1, 0.15) is 85.0 Å². The first-order chi connectivity index (χ1) is 25.6. The SMILES string of the molecule is Cc1ccc(C(=O)NC2CCCCC/C=C\[C@@H]3C[C@@]3(C(=O)NS(=O)(=O)C3(C)CC3)NC(=O)[C@@H]3C[C@@H](Oc4nc5cc(F)cc(Br)c5nc4C)CN3C2=O)s1. The highest BCUT2D eigenvalue weighted by Crippen LogP contribution is 2.47. The third kappa shape index (κ3) is 7.63. The molecule has 4 heterocycles. The number of carbonyl (C=O) groups is 4. The molecule has 4 aliphatic rings. The smallest absolute Gasteiger partial charge is 0.262 e. The number of allylic oxidation sites excluding steroid dienone is 1. The van der Waals surface area contributed by atoms with Gasteiger partial charge in [-0.05, 0) is 93.4 Å². The summed E-state index contributed by atoms with van der Waals surface area (Å²) in [6, 6.07) is 3.93. The van der Waals surface area contributed by atoms with Crippen LogP contribution in [0.25, 0.3) is 11.0 Å². The first-order valence-corrected chi connectivity index (χ1v) is 21.2. The van der Waals surface area contributed by atoms with Crippen molar-refractivity contribution in [3.8, 4) is 5.88 Å². The minimum atomic E-state index is -4.00. The first-order valence-electron chi connectivity index (χ1n) is 18.1. The van der Waals surface area contributed by atoms with Gasteiger partial charge < -0.3 is 20.3 Å². The molecular formula is C37H42BrFN6O7S2. The quantitative estimate of drug-likeness (QED) is 0.284. The van der Waals surface area contributed by atoms with Crippen LogP contribution in [0, 0.1) is 25.6 Å². The molecule has 3 fully saturated rings. The number of sulfonamides is 1. The summed E-state index contributed by atoms with van der Waals surface area (Å²) in [5, 5.41) is 5.77. The van der Waals surface area contributed by atoms with Crippen LogP contribution in [0.2, 0.25) is 0 Å². The van der Waals surface area contributed by atoms with Crippen molar-refractivity contribution in [1.29, 1.82) is 0 Å². The average Bonchev–Trinajstić information content (AvgIpc) is 3.91. The molecule has 2 aromatic heterocycles. The van der Waals surface area contributed by atoms with Crippen molar-refractivity contribution in [2.45, 2.75) is 107 Å². The van der Waals surface area contributed by atoms with Crippen LogP contribution in [-0.2, 0) is 24.4 Å². The minimum Gasteiger partial charge on any atom is -0.471 e. The maximum absolute atomic E-state index is 14.5. The standard InChI is InChI=1S/C37H42BrFN6O7S2/c1-20-11-12-29(53-20)32(47)41-26-10-8-6-4-5-7-9-22-18-37(22,35(49)44-54(50,51)36(3)13-14-36)43-31(46)28-17-24(19-45(28)34(26)48)52-33-21(2)40-30-25(38)15-23(39)16-27(30)42-33/h7,9,11-12,15-16,22,24,26,28H,4-6,8,10,13-14,17-19H2,1-3H3,(H,41,47)(H,43,46)(H,44,49)/b9-7-/t22-,24-,26?,28+,37-/m1/s1. The number of amides is 4. The largest absolute Gasteiger partial charge is 0.471 e. The van der Waals surface area contributed by atoms with Crippen molar-refractivity contribution in [2.24, 2.45) is 5.92 Å². The summed E-state index contributed by atoms with van der Waals surface area (Å²) >= 11 is 4.63. The lowest BCUT2D eigenvalue weighted by Gasteiger charge is -2.30. The van der Waals surface area contributed by atoms with E-state index in [1.54, 1.807) is 19.9 Å². The van der Waals surface area contributed by atoms with Gasteiger partial charge in [0, 0.05) is 27.8 Å². The van der Waals surface area contributed by atoms with Crippen LogP contribution in [0.4, 0.5) is 4.39 Å². The minimum absolute atomic E-state index is 0.0110. The Bertz CT molecular complexity index is 2180. The third-order valence-corrected chi connectivity index (χ3v) is 14.6. The van der Waals surface area contributed by atoms with E-state index in [0.29, 0.717) is 52.7 Å². The van der Waals surface area contributed by atoms with E-state index in [9.17, 15) is 32.0 Å². The second kappa shape index (κ2) is 14.6. The summed E-state index contributed by atoms with van der Waals surface area (Å²) in [4.78, 5) is 67.9. The molecule has 1 unspecified atom stereocenters. The van der Waals surface area contributed by atoms with E-state index in [-0.39, 0.29) is 30.8 Å². The first kappa shape index (κ1) is 38.3. The van der Waals surface area contributed by atoms with Gasteiger partial charge in [0.15, 0.2) is 0 Å². The van der Waals surface area contributed by atoms with E-state index in [1.165, 1.54) is 28.4 Å². The maximum atomic E-state index is 14.5.